The number of aryl methyl sites for hydroxylation is 1. The van der Waals surface area contributed by atoms with E-state index in [1.54, 1.807) is 7.11 Å². The number of nitrogens with one attached hydrogen (secondary N) is 1. The zero-order valence-corrected chi connectivity index (χ0v) is 15.1. The van der Waals surface area contributed by atoms with Crippen molar-refractivity contribution in [2.24, 2.45) is 0 Å². The van der Waals surface area contributed by atoms with Crippen LogP contribution in [0.25, 0.3) is 11.3 Å². The van der Waals surface area contributed by atoms with Crippen LogP contribution in [-0.2, 0) is 11.2 Å². The van der Waals surface area contributed by atoms with Crippen molar-refractivity contribution in [3.63, 3.8) is 0 Å². The number of rotatable bonds is 6. The minimum absolute atomic E-state index is 0.221. The first kappa shape index (κ1) is 18.2. The van der Waals surface area contributed by atoms with Gasteiger partial charge in [-0.2, -0.15) is 0 Å². The quantitative estimate of drug-likeness (QED) is 0.832. The number of hydrogen-bond donors (Lipinski definition) is 2. The molecule has 6 heteroatoms. The maximum absolute atomic E-state index is 12.1. The molecule has 1 aliphatic heterocycles. The van der Waals surface area contributed by atoms with Gasteiger partial charge in [0.1, 0.15) is 5.56 Å². The first-order valence-electron chi connectivity index (χ1n) is 8.90. The molecule has 1 fully saturated rings. The van der Waals surface area contributed by atoms with Gasteiger partial charge in [-0.3, -0.25) is 4.79 Å². The molecule has 0 spiro atoms. The van der Waals surface area contributed by atoms with Crippen molar-refractivity contribution >= 4 is 11.7 Å². The number of H-pyrrole nitrogens is 1. The number of methoxy groups -OCH3 is 1. The summed E-state index contributed by atoms with van der Waals surface area (Å²) in [5.74, 6) is -1.21. The van der Waals surface area contributed by atoms with Crippen LogP contribution >= 0.6 is 0 Å². The Balaban J connectivity index is 1.93. The average molecular weight is 356 g/mol. The number of aromatic carboxylic acids is 1. The number of anilines is 1. The molecule has 1 aliphatic rings. The molecule has 6 nitrogen and oxygen atoms in total. The second-order valence-electron chi connectivity index (χ2n) is 6.56. The molecule has 1 aromatic heterocycles. The second-order valence-corrected chi connectivity index (χ2v) is 6.56. The molecule has 0 radical (unpaired) electrons. The summed E-state index contributed by atoms with van der Waals surface area (Å²) in [6.07, 6.45) is 2.91. The number of carboxylic acids is 1. The summed E-state index contributed by atoms with van der Waals surface area (Å²) in [6, 6.07) is 9.91. The summed E-state index contributed by atoms with van der Waals surface area (Å²) in [6.45, 7) is 3.67. The van der Waals surface area contributed by atoms with E-state index in [4.69, 9.17) is 9.84 Å². The van der Waals surface area contributed by atoms with Gasteiger partial charge in [-0.05, 0) is 48.6 Å². The molecule has 2 heterocycles. The highest BCUT2D eigenvalue weighted by atomic mass is 16.5. The van der Waals surface area contributed by atoms with Crippen LogP contribution < -0.4 is 10.5 Å². The van der Waals surface area contributed by atoms with Crippen LogP contribution in [0, 0.1) is 0 Å². The van der Waals surface area contributed by atoms with Crippen molar-refractivity contribution in [1.82, 2.24) is 4.98 Å². The lowest BCUT2D eigenvalue weighted by Gasteiger charge is -2.26. The Bertz CT molecular complexity index is 842. The van der Waals surface area contributed by atoms with Gasteiger partial charge in [0.2, 0.25) is 0 Å². The molecule has 1 unspecified atom stereocenters. The van der Waals surface area contributed by atoms with Gasteiger partial charge in [-0.15, -0.1) is 0 Å². The van der Waals surface area contributed by atoms with Crippen LogP contribution in [0.1, 0.15) is 35.7 Å². The maximum Gasteiger partial charge on any atom is 0.341 e. The van der Waals surface area contributed by atoms with Gasteiger partial charge in [0.25, 0.3) is 5.56 Å². The van der Waals surface area contributed by atoms with Crippen molar-refractivity contribution in [2.45, 2.75) is 32.2 Å². The van der Waals surface area contributed by atoms with Crippen molar-refractivity contribution in [1.29, 1.82) is 0 Å². The molecule has 3 rings (SSSR count). The van der Waals surface area contributed by atoms with Gasteiger partial charge < -0.3 is 19.7 Å². The lowest BCUT2D eigenvalue weighted by molar-refractivity contribution is 0.0695. The SMILES string of the molecule is CCc1cc(C(=O)O)c(=O)[nH]c1-c1ccc(N2CCCC2COC)cc1. The van der Waals surface area contributed by atoms with Crippen molar-refractivity contribution in [3.05, 3.63) is 51.8 Å². The number of carbonyl (C=O) groups is 1. The highest BCUT2D eigenvalue weighted by molar-refractivity contribution is 5.88. The predicted molar refractivity (Wildman–Crippen MR) is 101 cm³/mol. The van der Waals surface area contributed by atoms with Crippen LogP contribution in [0.5, 0.6) is 0 Å². The maximum atomic E-state index is 12.1. The van der Waals surface area contributed by atoms with E-state index in [1.165, 1.54) is 6.07 Å². The molecule has 2 N–H and O–H groups in total. The summed E-state index contributed by atoms with van der Waals surface area (Å²) < 4.78 is 5.32. The Morgan fingerprint density at radius 1 is 1.35 bits per heavy atom. The summed E-state index contributed by atoms with van der Waals surface area (Å²) in [5.41, 5.74) is 2.71. The monoisotopic (exact) mass is 356 g/mol. The number of aromatic nitrogens is 1. The minimum Gasteiger partial charge on any atom is -0.477 e. The van der Waals surface area contributed by atoms with Crippen LogP contribution in [0.15, 0.2) is 35.1 Å². The fourth-order valence-electron chi connectivity index (χ4n) is 3.63. The smallest absolute Gasteiger partial charge is 0.341 e. The molecule has 0 saturated carbocycles. The van der Waals surface area contributed by atoms with E-state index in [-0.39, 0.29) is 5.56 Å². The first-order valence-corrected chi connectivity index (χ1v) is 8.90. The van der Waals surface area contributed by atoms with Gasteiger partial charge in [-0.25, -0.2) is 4.79 Å². The van der Waals surface area contributed by atoms with Gasteiger partial charge in [0.15, 0.2) is 0 Å². The fourth-order valence-corrected chi connectivity index (χ4v) is 3.63. The van der Waals surface area contributed by atoms with Crippen molar-refractivity contribution in [2.75, 3.05) is 25.2 Å². The Morgan fingerprint density at radius 2 is 2.08 bits per heavy atom. The summed E-state index contributed by atoms with van der Waals surface area (Å²) in [4.78, 5) is 28.3. The fraction of sp³-hybridized carbons (Fsp3) is 0.400. The molecule has 1 saturated heterocycles. The molecule has 1 atom stereocenters. The largest absolute Gasteiger partial charge is 0.477 e. The highest BCUT2D eigenvalue weighted by Crippen LogP contribution is 2.29. The molecule has 0 aliphatic carbocycles. The number of hydrogen-bond acceptors (Lipinski definition) is 4. The van der Waals surface area contributed by atoms with Crippen LogP contribution in [-0.4, -0.2) is 42.4 Å². The van der Waals surface area contributed by atoms with E-state index >= 15 is 0 Å². The number of ether oxygens (including phenoxy) is 1. The minimum atomic E-state index is -1.21. The lowest BCUT2D eigenvalue weighted by atomic mass is 10.0. The van der Waals surface area contributed by atoms with Gasteiger partial charge in [0, 0.05) is 19.3 Å². The molecule has 0 bridgehead atoms. The zero-order valence-electron chi connectivity index (χ0n) is 15.1. The predicted octanol–water partition coefficient (Wildman–Crippen LogP) is 2.92. The Kier molecular flexibility index (Phi) is 5.42. The third-order valence-electron chi connectivity index (χ3n) is 4.96. The van der Waals surface area contributed by atoms with Gasteiger partial charge >= 0.3 is 5.97 Å². The molecule has 2 aromatic rings. The summed E-state index contributed by atoms with van der Waals surface area (Å²) in [5, 5.41) is 9.14. The molecule has 0 amide bonds. The van der Waals surface area contributed by atoms with E-state index in [9.17, 15) is 9.59 Å². The van der Waals surface area contributed by atoms with Gasteiger partial charge in [-0.1, -0.05) is 19.1 Å². The Morgan fingerprint density at radius 3 is 2.69 bits per heavy atom. The van der Waals surface area contributed by atoms with E-state index in [2.05, 4.69) is 9.88 Å². The third-order valence-corrected chi connectivity index (χ3v) is 4.96. The van der Waals surface area contributed by atoms with E-state index < -0.39 is 11.5 Å². The highest BCUT2D eigenvalue weighted by Gasteiger charge is 2.24. The number of nitrogens with zero attached hydrogens (tertiary/aromatic N) is 1. The topological polar surface area (TPSA) is 82.6 Å². The molecule has 26 heavy (non-hydrogen) atoms. The molecular weight excluding hydrogens is 332 g/mol. The Hall–Kier alpha value is -2.60. The van der Waals surface area contributed by atoms with Crippen molar-refractivity contribution in [3.8, 4) is 11.3 Å². The Labute approximate surface area is 152 Å². The molecule has 138 valence electrons. The van der Waals surface area contributed by atoms with Crippen molar-refractivity contribution < 1.29 is 14.6 Å². The lowest BCUT2D eigenvalue weighted by Crippen LogP contribution is -2.32. The number of aromatic amines is 1. The van der Waals surface area contributed by atoms with Gasteiger partial charge in [0.05, 0.1) is 18.3 Å². The molecule has 1 aromatic carbocycles. The normalized spacial score (nSPS) is 16.8. The summed E-state index contributed by atoms with van der Waals surface area (Å²) >= 11 is 0. The van der Waals surface area contributed by atoms with Crippen LogP contribution in [0.4, 0.5) is 5.69 Å². The number of pyridine rings is 1. The first-order chi connectivity index (χ1) is 12.5. The average Bonchev–Trinajstić information content (AvgIpc) is 3.10. The van der Waals surface area contributed by atoms with Crippen LogP contribution in [0.2, 0.25) is 0 Å². The second kappa shape index (κ2) is 7.74. The van der Waals surface area contributed by atoms with E-state index in [1.807, 2.05) is 31.2 Å². The van der Waals surface area contributed by atoms with E-state index in [0.29, 0.717) is 24.8 Å². The molecular formula is C20H24N2O4. The number of benzene rings is 1. The zero-order chi connectivity index (χ0) is 18.7. The standard InChI is InChI=1S/C20H24N2O4/c1-3-13-11-17(20(24)25)19(23)21-18(13)14-6-8-15(9-7-14)22-10-4-5-16(22)12-26-2/h6-9,11,16H,3-5,10,12H2,1-2H3,(H,21,23)(H,24,25). The summed E-state index contributed by atoms with van der Waals surface area (Å²) in [7, 11) is 1.73. The van der Waals surface area contributed by atoms with E-state index in [0.717, 1.165) is 36.2 Å². The third kappa shape index (κ3) is 3.51. The van der Waals surface area contributed by atoms with Crippen LogP contribution in [0.3, 0.4) is 0 Å². The number of carboxylic acid groups (broad SMARTS) is 1.